The van der Waals surface area contributed by atoms with Crippen LogP contribution in [0.15, 0.2) is 47.4 Å². The molecule has 2 aromatic carbocycles. The summed E-state index contributed by atoms with van der Waals surface area (Å²) in [4.78, 5) is 20.4. The van der Waals surface area contributed by atoms with E-state index in [1.807, 2.05) is 26.0 Å². The molecule has 0 radical (unpaired) electrons. The molecular weight excluding hydrogens is 506 g/mol. The van der Waals surface area contributed by atoms with Crippen LogP contribution in [0.3, 0.4) is 0 Å². The Hall–Kier alpha value is -2.33. The number of hydrogen-bond donors (Lipinski definition) is 0. The second kappa shape index (κ2) is 11.2. The fraction of sp³-hybridized carbons (Fsp3) is 0.500. The lowest BCUT2D eigenvalue weighted by Crippen LogP contribution is -2.41. The van der Waals surface area contributed by atoms with E-state index in [1.165, 1.54) is 17.8 Å². The van der Waals surface area contributed by atoms with Gasteiger partial charge in [0.05, 0.1) is 27.8 Å². The number of anilines is 1. The molecule has 1 aliphatic carbocycles. The van der Waals surface area contributed by atoms with Crippen LogP contribution in [0.5, 0.6) is 0 Å². The van der Waals surface area contributed by atoms with Crippen molar-refractivity contribution in [3.05, 3.63) is 53.6 Å². The van der Waals surface area contributed by atoms with E-state index in [4.69, 9.17) is 9.72 Å². The van der Waals surface area contributed by atoms with E-state index in [2.05, 4.69) is 6.07 Å². The largest absolute Gasteiger partial charge is 0.376 e. The molecule has 0 spiro atoms. The average molecular weight is 542 g/mol. The Labute approximate surface area is 223 Å². The summed E-state index contributed by atoms with van der Waals surface area (Å²) in [5.74, 6) is -0.199. The van der Waals surface area contributed by atoms with E-state index < -0.39 is 10.0 Å². The van der Waals surface area contributed by atoms with Crippen molar-refractivity contribution < 1.29 is 17.9 Å². The number of fused-ring (bicyclic) bond motifs is 1. The van der Waals surface area contributed by atoms with Gasteiger partial charge in [-0.15, -0.1) is 0 Å². The molecule has 7 nitrogen and oxygen atoms in total. The number of rotatable bonds is 8. The second-order valence-electron chi connectivity index (χ2n) is 10.0. The molecule has 1 unspecified atom stereocenters. The Morgan fingerprint density at radius 2 is 1.81 bits per heavy atom. The number of hydrogen-bond acceptors (Lipinski definition) is 6. The van der Waals surface area contributed by atoms with Crippen molar-refractivity contribution in [1.29, 1.82) is 0 Å². The third kappa shape index (κ3) is 5.60. The third-order valence-electron chi connectivity index (χ3n) is 7.42. The molecule has 1 aliphatic heterocycles. The fourth-order valence-electron chi connectivity index (χ4n) is 5.43. The lowest BCUT2D eigenvalue weighted by molar-refractivity contribution is 0.0917. The summed E-state index contributed by atoms with van der Waals surface area (Å²) in [6.07, 6.45) is 6.96. The van der Waals surface area contributed by atoms with Gasteiger partial charge in [-0.05, 0) is 74.6 Å². The minimum atomic E-state index is -3.63. The van der Waals surface area contributed by atoms with E-state index in [1.54, 1.807) is 33.5 Å². The van der Waals surface area contributed by atoms with Crippen molar-refractivity contribution in [3.63, 3.8) is 0 Å². The molecule has 37 heavy (non-hydrogen) atoms. The highest BCUT2D eigenvalue weighted by molar-refractivity contribution is 7.89. The summed E-state index contributed by atoms with van der Waals surface area (Å²) in [6.45, 7) is 5.50. The van der Waals surface area contributed by atoms with Gasteiger partial charge < -0.3 is 4.74 Å². The Bertz CT molecular complexity index is 1340. The van der Waals surface area contributed by atoms with Crippen LogP contribution in [0.25, 0.3) is 10.2 Å². The number of carbonyl (C=O) groups is 1. The Morgan fingerprint density at radius 1 is 1.05 bits per heavy atom. The number of nitrogens with zero attached hydrogens (tertiary/aromatic N) is 3. The molecule has 3 aromatic rings. The zero-order chi connectivity index (χ0) is 26.0. The number of aromatic nitrogens is 1. The van der Waals surface area contributed by atoms with Crippen molar-refractivity contribution in [1.82, 2.24) is 9.29 Å². The molecule has 2 heterocycles. The number of sulfonamides is 1. The molecule has 9 heteroatoms. The van der Waals surface area contributed by atoms with Crippen LogP contribution in [-0.4, -0.2) is 55.5 Å². The quantitative estimate of drug-likeness (QED) is 0.362. The van der Waals surface area contributed by atoms with E-state index >= 15 is 0 Å². The highest BCUT2D eigenvalue weighted by Gasteiger charge is 2.32. The average Bonchev–Trinajstić information content (AvgIpc) is 3.57. The SMILES string of the molecule is CCN(C1CCCCC1)S(=O)(=O)c1ccc(C(=O)N(CC2CCCO2)c2nc3ccc(C)cc3s2)cc1. The maximum absolute atomic E-state index is 13.8. The number of carbonyl (C=O) groups excluding carboxylic acids is 1. The second-order valence-corrected chi connectivity index (χ2v) is 12.9. The third-order valence-corrected chi connectivity index (χ3v) is 10.5. The number of aryl methyl sites for hydroxylation is 1. The molecular formula is C28H35N3O4S2. The minimum Gasteiger partial charge on any atom is -0.376 e. The highest BCUT2D eigenvalue weighted by Crippen LogP contribution is 2.32. The molecule has 1 amide bonds. The van der Waals surface area contributed by atoms with Crippen molar-refractivity contribution >= 4 is 42.6 Å². The van der Waals surface area contributed by atoms with Crippen molar-refractivity contribution in [3.8, 4) is 0 Å². The fourth-order valence-corrected chi connectivity index (χ4v) is 8.19. The lowest BCUT2D eigenvalue weighted by Gasteiger charge is -2.32. The molecule has 198 valence electrons. The van der Waals surface area contributed by atoms with Gasteiger partial charge in [-0.1, -0.05) is 43.6 Å². The van der Waals surface area contributed by atoms with Gasteiger partial charge >= 0.3 is 0 Å². The Kier molecular flexibility index (Phi) is 7.95. The number of thiazole rings is 1. The summed E-state index contributed by atoms with van der Waals surface area (Å²) in [6, 6.07) is 12.5. The van der Waals surface area contributed by atoms with Crippen LogP contribution in [-0.2, 0) is 14.8 Å². The summed E-state index contributed by atoms with van der Waals surface area (Å²) in [7, 11) is -3.63. The van der Waals surface area contributed by atoms with Gasteiger partial charge in [-0.25, -0.2) is 13.4 Å². The van der Waals surface area contributed by atoms with Crippen LogP contribution in [0, 0.1) is 6.92 Å². The Morgan fingerprint density at radius 3 is 2.49 bits per heavy atom. The Balaban J connectivity index is 1.42. The van der Waals surface area contributed by atoms with Gasteiger partial charge in [0.2, 0.25) is 10.0 Å². The summed E-state index contributed by atoms with van der Waals surface area (Å²) in [5, 5.41) is 0.632. The van der Waals surface area contributed by atoms with Crippen LogP contribution < -0.4 is 4.90 Å². The normalized spacial score (nSPS) is 19.1. The smallest absolute Gasteiger partial charge is 0.260 e. The van der Waals surface area contributed by atoms with Gasteiger partial charge in [0.1, 0.15) is 0 Å². The first-order chi connectivity index (χ1) is 17.9. The van der Waals surface area contributed by atoms with Crippen molar-refractivity contribution in [2.45, 2.75) is 75.8 Å². The first-order valence-corrected chi connectivity index (χ1v) is 15.5. The van der Waals surface area contributed by atoms with Crippen molar-refractivity contribution in [2.75, 3.05) is 24.6 Å². The molecule has 5 rings (SSSR count). The first-order valence-electron chi connectivity index (χ1n) is 13.3. The molecule has 0 bridgehead atoms. The zero-order valence-electron chi connectivity index (χ0n) is 21.6. The van der Waals surface area contributed by atoms with Crippen LogP contribution in [0.1, 0.15) is 67.8 Å². The maximum Gasteiger partial charge on any atom is 0.260 e. The monoisotopic (exact) mass is 541 g/mol. The molecule has 2 fully saturated rings. The van der Waals surface area contributed by atoms with Crippen LogP contribution in [0.4, 0.5) is 5.13 Å². The molecule has 1 aromatic heterocycles. The first kappa shape index (κ1) is 26.3. The van der Waals surface area contributed by atoms with E-state index in [0.717, 1.165) is 54.3 Å². The van der Waals surface area contributed by atoms with E-state index in [-0.39, 0.29) is 22.9 Å². The lowest BCUT2D eigenvalue weighted by atomic mass is 9.95. The van der Waals surface area contributed by atoms with E-state index in [0.29, 0.717) is 30.4 Å². The van der Waals surface area contributed by atoms with Gasteiger partial charge in [-0.3, -0.25) is 9.69 Å². The maximum atomic E-state index is 13.8. The topological polar surface area (TPSA) is 79.8 Å². The van der Waals surface area contributed by atoms with Gasteiger partial charge in [0.25, 0.3) is 5.91 Å². The molecule has 1 saturated carbocycles. The predicted molar refractivity (Wildman–Crippen MR) is 148 cm³/mol. The number of ether oxygens (including phenoxy) is 1. The van der Waals surface area contributed by atoms with Gasteiger partial charge in [-0.2, -0.15) is 4.31 Å². The summed E-state index contributed by atoms with van der Waals surface area (Å²) >= 11 is 1.49. The number of benzene rings is 2. The van der Waals surface area contributed by atoms with Gasteiger partial charge in [0.15, 0.2) is 5.13 Å². The minimum absolute atomic E-state index is 0.0362. The van der Waals surface area contributed by atoms with E-state index in [9.17, 15) is 13.2 Å². The van der Waals surface area contributed by atoms with Gasteiger partial charge in [0, 0.05) is 24.8 Å². The summed E-state index contributed by atoms with van der Waals surface area (Å²) in [5.41, 5.74) is 2.44. The molecule has 1 atom stereocenters. The van der Waals surface area contributed by atoms with Crippen LogP contribution >= 0.6 is 11.3 Å². The molecule has 2 aliphatic rings. The van der Waals surface area contributed by atoms with Crippen molar-refractivity contribution in [2.24, 2.45) is 0 Å². The molecule has 1 saturated heterocycles. The molecule has 0 N–H and O–H groups in total. The zero-order valence-corrected chi connectivity index (χ0v) is 23.2. The summed E-state index contributed by atoms with van der Waals surface area (Å²) < 4.78 is 35.4. The van der Waals surface area contributed by atoms with Crippen LogP contribution in [0.2, 0.25) is 0 Å². The highest BCUT2D eigenvalue weighted by atomic mass is 32.2. The number of amides is 1. The standard InChI is InChI=1S/C28H35N3O4S2/c1-3-31(22-8-5-4-6-9-22)37(33,34)24-14-12-21(13-15-24)27(32)30(19-23-10-7-17-35-23)28-29-25-16-11-20(2)18-26(25)36-28/h11-16,18,22-23H,3-10,17,19H2,1-2H3. The predicted octanol–water partition coefficient (Wildman–Crippen LogP) is 5.77.